The van der Waals surface area contributed by atoms with Crippen molar-refractivity contribution in [1.82, 2.24) is 5.43 Å². The van der Waals surface area contributed by atoms with E-state index in [0.29, 0.717) is 4.88 Å². The van der Waals surface area contributed by atoms with Crippen LogP contribution < -0.4 is 17.0 Å². The molecule has 0 saturated heterocycles. The first kappa shape index (κ1) is 13.5. The molecule has 1 heterocycles. The van der Waals surface area contributed by atoms with Crippen LogP contribution in [-0.2, 0) is 5.75 Å². The highest BCUT2D eigenvalue weighted by molar-refractivity contribution is 7.98. The maximum atomic E-state index is 11.2. The van der Waals surface area contributed by atoms with Gasteiger partial charge in [-0.25, -0.2) is 5.84 Å². The second-order valence-corrected chi connectivity index (χ2v) is 5.62. The largest absolute Gasteiger partial charge is 0.327 e. The summed E-state index contributed by atoms with van der Waals surface area (Å²) in [6.07, 6.45) is 0.998. The Balaban J connectivity index is 2.38. The zero-order valence-electron chi connectivity index (χ0n) is 9.23. The standard InChI is InChI=1S/C10H17N3OS2/c1-2-7(11)5-15-6-8-3-4-9(16-8)10(14)13-12/h3-4,7H,2,5-6,11-12H2,1H3,(H,13,14). The van der Waals surface area contributed by atoms with E-state index in [0.717, 1.165) is 17.9 Å². The highest BCUT2D eigenvalue weighted by Crippen LogP contribution is 2.21. The Hall–Kier alpha value is -0.560. The number of thiophene rings is 1. The third-order valence-electron chi connectivity index (χ3n) is 2.12. The molecule has 1 unspecified atom stereocenters. The first-order valence-corrected chi connectivity index (χ1v) is 7.07. The van der Waals surface area contributed by atoms with E-state index >= 15 is 0 Å². The van der Waals surface area contributed by atoms with Crippen LogP contribution in [0.25, 0.3) is 0 Å². The van der Waals surface area contributed by atoms with Crippen LogP contribution in [0.4, 0.5) is 0 Å². The summed E-state index contributed by atoms with van der Waals surface area (Å²) < 4.78 is 0. The Morgan fingerprint density at radius 1 is 1.62 bits per heavy atom. The summed E-state index contributed by atoms with van der Waals surface area (Å²) in [5.41, 5.74) is 7.94. The van der Waals surface area contributed by atoms with Crippen molar-refractivity contribution in [3.8, 4) is 0 Å². The minimum Gasteiger partial charge on any atom is -0.327 e. The highest BCUT2D eigenvalue weighted by Gasteiger charge is 2.07. The van der Waals surface area contributed by atoms with Gasteiger partial charge in [-0.3, -0.25) is 10.2 Å². The molecule has 0 saturated carbocycles. The van der Waals surface area contributed by atoms with Crippen molar-refractivity contribution in [1.29, 1.82) is 0 Å². The number of nitrogens with two attached hydrogens (primary N) is 2. The molecule has 5 N–H and O–H groups in total. The number of rotatable bonds is 6. The van der Waals surface area contributed by atoms with E-state index in [1.165, 1.54) is 16.2 Å². The fraction of sp³-hybridized carbons (Fsp3) is 0.500. The molecule has 4 nitrogen and oxygen atoms in total. The fourth-order valence-corrected chi connectivity index (χ4v) is 3.22. The van der Waals surface area contributed by atoms with E-state index in [-0.39, 0.29) is 11.9 Å². The maximum Gasteiger partial charge on any atom is 0.275 e. The molecule has 0 aliphatic heterocycles. The third kappa shape index (κ3) is 4.13. The lowest BCUT2D eigenvalue weighted by molar-refractivity contribution is 0.0957. The van der Waals surface area contributed by atoms with Crippen molar-refractivity contribution in [2.24, 2.45) is 11.6 Å². The van der Waals surface area contributed by atoms with Crippen LogP contribution in [0.3, 0.4) is 0 Å². The van der Waals surface area contributed by atoms with Crippen molar-refractivity contribution < 1.29 is 4.79 Å². The molecule has 0 aromatic carbocycles. The first-order valence-electron chi connectivity index (χ1n) is 5.10. The Labute approximate surface area is 104 Å². The van der Waals surface area contributed by atoms with Crippen LogP contribution in [0.1, 0.15) is 27.9 Å². The lowest BCUT2D eigenvalue weighted by Crippen LogP contribution is -2.29. The molecular formula is C10H17N3OS2. The molecule has 6 heteroatoms. The zero-order chi connectivity index (χ0) is 12.0. The Bertz CT molecular complexity index is 341. The van der Waals surface area contributed by atoms with Crippen LogP contribution >= 0.6 is 23.1 Å². The minimum atomic E-state index is -0.230. The molecule has 1 atom stereocenters. The van der Waals surface area contributed by atoms with Gasteiger partial charge in [0.15, 0.2) is 0 Å². The molecule has 0 bridgehead atoms. The van der Waals surface area contributed by atoms with Gasteiger partial charge in [0, 0.05) is 22.4 Å². The Morgan fingerprint density at radius 3 is 3.00 bits per heavy atom. The molecule has 0 radical (unpaired) electrons. The second kappa shape index (κ2) is 6.90. The summed E-state index contributed by atoms with van der Waals surface area (Å²) in [5, 5.41) is 0. The van der Waals surface area contributed by atoms with Crippen molar-refractivity contribution in [2.45, 2.75) is 25.1 Å². The van der Waals surface area contributed by atoms with Gasteiger partial charge in [0.1, 0.15) is 0 Å². The van der Waals surface area contributed by atoms with Gasteiger partial charge in [-0.1, -0.05) is 6.92 Å². The van der Waals surface area contributed by atoms with Crippen LogP contribution in [0.5, 0.6) is 0 Å². The van der Waals surface area contributed by atoms with Crippen molar-refractivity contribution in [3.63, 3.8) is 0 Å². The molecule has 0 aliphatic rings. The van der Waals surface area contributed by atoms with Gasteiger partial charge in [-0.2, -0.15) is 11.8 Å². The summed E-state index contributed by atoms with van der Waals surface area (Å²) in [6, 6.07) is 4.01. The number of hydrogen-bond acceptors (Lipinski definition) is 5. The monoisotopic (exact) mass is 259 g/mol. The molecule has 1 amide bonds. The Kier molecular flexibility index (Phi) is 5.83. The summed E-state index contributed by atoms with van der Waals surface area (Å²) in [6.45, 7) is 2.08. The van der Waals surface area contributed by atoms with Gasteiger partial charge >= 0.3 is 0 Å². The van der Waals surface area contributed by atoms with Crippen molar-refractivity contribution >= 4 is 29.0 Å². The van der Waals surface area contributed by atoms with E-state index in [1.54, 1.807) is 17.8 Å². The number of nitrogen functional groups attached to an aromatic ring is 1. The van der Waals surface area contributed by atoms with Gasteiger partial charge in [-0.05, 0) is 18.6 Å². The van der Waals surface area contributed by atoms with Crippen LogP contribution in [0.2, 0.25) is 0 Å². The van der Waals surface area contributed by atoms with E-state index in [1.807, 2.05) is 6.07 Å². The predicted molar refractivity (Wildman–Crippen MR) is 70.4 cm³/mol. The van der Waals surface area contributed by atoms with Gasteiger partial charge in [0.05, 0.1) is 4.88 Å². The smallest absolute Gasteiger partial charge is 0.275 e. The van der Waals surface area contributed by atoms with E-state index in [4.69, 9.17) is 11.6 Å². The molecule has 1 aromatic heterocycles. The lowest BCUT2D eigenvalue weighted by Gasteiger charge is -2.06. The van der Waals surface area contributed by atoms with Gasteiger partial charge in [0.25, 0.3) is 5.91 Å². The minimum absolute atomic E-state index is 0.230. The van der Waals surface area contributed by atoms with E-state index in [9.17, 15) is 4.79 Å². The molecule has 16 heavy (non-hydrogen) atoms. The summed E-state index contributed by atoms with van der Waals surface area (Å²) in [4.78, 5) is 13.0. The second-order valence-electron chi connectivity index (χ2n) is 3.42. The molecule has 0 aliphatic carbocycles. The maximum absolute atomic E-state index is 11.2. The summed E-state index contributed by atoms with van der Waals surface area (Å²) in [7, 11) is 0. The SMILES string of the molecule is CCC(N)CSCc1ccc(C(=O)NN)s1. The topological polar surface area (TPSA) is 81.1 Å². The number of hydrogen-bond donors (Lipinski definition) is 3. The number of hydrazine groups is 1. The molecule has 90 valence electrons. The zero-order valence-corrected chi connectivity index (χ0v) is 10.9. The average Bonchev–Trinajstić information content (AvgIpc) is 2.76. The van der Waals surface area contributed by atoms with Gasteiger partial charge < -0.3 is 5.73 Å². The van der Waals surface area contributed by atoms with Crippen LogP contribution in [0.15, 0.2) is 12.1 Å². The number of carbonyl (C=O) groups excluding carboxylic acids is 1. The molecular weight excluding hydrogens is 242 g/mol. The Morgan fingerprint density at radius 2 is 2.38 bits per heavy atom. The van der Waals surface area contributed by atoms with Crippen LogP contribution in [0, 0.1) is 0 Å². The molecule has 0 fully saturated rings. The third-order valence-corrected chi connectivity index (χ3v) is 4.56. The number of amides is 1. The summed E-state index contributed by atoms with van der Waals surface area (Å²) in [5.74, 6) is 6.68. The summed E-state index contributed by atoms with van der Waals surface area (Å²) >= 11 is 3.27. The van der Waals surface area contributed by atoms with E-state index in [2.05, 4.69) is 12.3 Å². The van der Waals surface area contributed by atoms with Gasteiger partial charge in [-0.15, -0.1) is 11.3 Å². The fourth-order valence-electron chi connectivity index (χ4n) is 1.08. The first-order chi connectivity index (χ1) is 7.67. The molecule has 1 rings (SSSR count). The normalized spacial score (nSPS) is 12.4. The highest BCUT2D eigenvalue weighted by atomic mass is 32.2. The lowest BCUT2D eigenvalue weighted by atomic mass is 10.3. The predicted octanol–water partition coefficient (Wildman–Crippen LogP) is 1.32. The van der Waals surface area contributed by atoms with Crippen LogP contribution in [-0.4, -0.2) is 17.7 Å². The number of nitrogens with one attached hydrogen (secondary N) is 1. The number of carbonyl (C=O) groups is 1. The number of thioether (sulfide) groups is 1. The van der Waals surface area contributed by atoms with Crippen molar-refractivity contribution in [3.05, 3.63) is 21.9 Å². The van der Waals surface area contributed by atoms with Gasteiger partial charge in [0.2, 0.25) is 0 Å². The van der Waals surface area contributed by atoms with Crippen molar-refractivity contribution in [2.75, 3.05) is 5.75 Å². The molecule has 0 spiro atoms. The average molecular weight is 259 g/mol. The quantitative estimate of drug-likeness (QED) is 0.409. The molecule has 1 aromatic rings. The van der Waals surface area contributed by atoms with E-state index < -0.39 is 0 Å².